The van der Waals surface area contributed by atoms with Gasteiger partial charge in [0.2, 0.25) is 10.0 Å². The van der Waals surface area contributed by atoms with E-state index in [-0.39, 0.29) is 53.7 Å². The molecule has 1 saturated carbocycles. The average Bonchev–Trinajstić information content (AvgIpc) is 2.62. The number of hydrogen-bond acceptors (Lipinski definition) is 3. The molecule has 164 valence electrons. The first kappa shape index (κ1) is 23.1. The molecule has 2 aromatic rings. The number of piperidine rings is 2. The summed E-state index contributed by atoms with van der Waals surface area (Å²) in [7, 11) is -3.39. The van der Waals surface area contributed by atoms with Gasteiger partial charge in [0.1, 0.15) is 17.5 Å². The first-order chi connectivity index (χ1) is 13.8. The Hall–Kier alpha value is -1.61. The van der Waals surface area contributed by atoms with Crippen LogP contribution in [0.3, 0.4) is 0 Å². The van der Waals surface area contributed by atoms with Crippen LogP contribution in [0.5, 0.6) is 0 Å². The Labute approximate surface area is 180 Å². The second kappa shape index (κ2) is 8.86. The predicted octanol–water partition coefficient (Wildman–Crippen LogP) is 3.79. The van der Waals surface area contributed by atoms with Crippen LogP contribution in [0.25, 0.3) is 11.1 Å². The molecule has 9 heteroatoms. The van der Waals surface area contributed by atoms with E-state index in [0.717, 1.165) is 31.0 Å². The molecule has 30 heavy (non-hydrogen) atoms. The van der Waals surface area contributed by atoms with Crippen LogP contribution in [-0.2, 0) is 16.4 Å². The smallest absolute Gasteiger partial charge is 0.211 e. The van der Waals surface area contributed by atoms with Gasteiger partial charge in [-0.25, -0.2) is 26.3 Å². The molecule has 0 amide bonds. The van der Waals surface area contributed by atoms with Crippen LogP contribution in [0.15, 0.2) is 36.4 Å². The monoisotopic (exact) mass is 460 g/mol. The Kier molecular flexibility index (Phi) is 6.81. The van der Waals surface area contributed by atoms with Crippen LogP contribution < -0.4 is 10.0 Å². The van der Waals surface area contributed by atoms with Gasteiger partial charge in [-0.05, 0) is 55.4 Å². The molecule has 2 bridgehead atoms. The third kappa shape index (κ3) is 4.66. The molecular formula is C21H24ClF3N2O2S. The molecular weight excluding hydrogens is 437 g/mol. The highest BCUT2D eigenvalue weighted by Gasteiger charge is 2.46. The summed E-state index contributed by atoms with van der Waals surface area (Å²) in [6.07, 6.45) is 2.08. The van der Waals surface area contributed by atoms with Gasteiger partial charge in [0.25, 0.3) is 0 Å². The first-order valence-electron chi connectivity index (χ1n) is 9.75. The number of fused-ring (bicyclic) bond motifs is 2. The van der Waals surface area contributed by atoms with Crippen LogP contribution in [0.4, 0.5) is 13.2 Å². The molecule has 0 spiro atoms. The average molecular weight is 461 g/mol. The SMILES string of the molecule is CCS(=O)(=O)NC1C2CC(C2)NC1Cc1cccc(-c2cc(F)cc(F)c2)c1F.Cl. The maximum absolute atomic E-state index is 15.2. The van der Waals surface area contributed by atoms with E-state index in [1.54, 1.807) is 19.1 Å². The molecule has 1 aliphatic carbocycles. The van der Waals surface area contributed by atoms with E-state index in [1.807, 2.05) is 0 Å². The lowest BCUT2D eigenvalue weighted by Gasteiger charge is -2.52. The second-order valence-corrected chi connectivity index (χ2v) is 9.93. The quantitative estimate of drug-likeness (QED) is 0.689. The summed E-state index contributed by atoms with van der Waals surface area (Å²) in [5.41, 5.74) is 0.628. The molecule has 2 heterocycles. The highest BCUT2D eigenvalue weighted by atomic mass is 35.5. The van der Waals surface area contributed by atoms with Gasteiger partial charge in [-0.1, -0.05) is 18.2 Å². The van der Waals surface area contributed by atoms with Gasteiger partial charge in [-0.3, -0.25) is 0 Å². The highest BCUT2D eigenvalue weighted by molar-refractivity contribution is 7.89. The summed E-state index contributed by atoms with van der Waals surface area (Å²) >= 11 is 0. The van der Waals surface area contributed by atoms with E-state index in [4.69, 9.17) is 0 Å². The fraction of sp³-hybridized carbons (Fsp3) is 0.429. The van der Waals surface area contributed by atoms with Crippen LogP contribution in [-0.4, -0.2) is 32.3 Å². The van der Waals surface area contributed by atoms with Crippen molar-refractivity contribution in [1.29, 1.82) is 0 Å². The molecule has 3 fully saturated rings. The summed E-state index contributed by atoms with van der Waals surface area (Å²) in [4.78, 5) is 0. The molecule has 2 atom stereocenters. The fourth-order valence-corrected chi connectivity index (χ4v) is 5.33. The Balaban J connectivity index is 0.00000256. The van der Waals surface area contributed by atoms with Crippen LogP contribution in [0, 0.1) is 23.4 Å². The Morgan fingerprint density at radius 1 is 1.10 bits per heavy atom. The summed E-state index contributed by atoms with van der Waals surface area (Å²) in [5.74, 6) is -1.87. The van der Waals surface area contributed by atoms with E-state index in [0.29, 0.717) is 11.6 Å². The minimum absolute atomic E-state index is 0. The van der Waals surface area contributed by atoms with Gasteiger partial charge >= 0.3 is 0 Å². The largest absolute Gasteiger partial charge is 0.309 e. The lowest BCUT2D eigenvalue weighted by molar-refractivity contribution is 0.0809. The minimum Gasteiger partial charge on any atom is -0.309 e. The number of hydrogen-bond donors (Lipinski definition) is 2. The summed E-state index contributed by atoms with van der Waals surface area (Å²) in [6, 6.07) is 7.45. The lowest BCUT2D eigenvalue weighted by Crippen LogP contribution is -2.68. The number of rotatable bonds is 6. The molecule has 2 saturated heterocycles. The number of halogens is 4. The topological polar surface area (TPSA) is 58.2 Å². The first-order valence-corrected chi connectivity index (χ1v) is 11.4. The summed E-state index contributed by atoms with van der Waals surface area (Å²) < 4.78 is 69.3. The van der Waals surface area contributed by atoms with E-state index in [9.17, 15) is 17.2 Å². The van der Waals surface area contributed by atoms with Crippen molar-refractivity contribution in [2.45, 2.75) is 44.3 Å². The molecule has 0 aromatic heterocycles. The normalized spacial score (nSPS) is 25.3. The molecule has 2 aromatic carbocycles. The predicted molar refractivity (Wildman–Crippen MR) is 113 cm³/mol. The zero-order valence-electron chi connectivity index (χ0n) is 16.4. The maximum Gasteiger partial charge on any atom is 0.211 e. The lowest BCUT2D eigenvalue weighted by atomic mass is 9.68. The van der Waals surface area contributed by atoms with Crippen LogP contribution in [0.1, 0.15) is 25.3 Å². The Morgan fingerprint density at radius 2 is 1.77 bits per heavy atom. The molecule has 2 aliphatic heterocycles. The maximum atomic E-state index is 15.2. The van der Waals surface area contributed by atoms with Crippen molar-refractivity contribution >= 4 is 22.4 Å². The van der Waals surface area contributed by atoms with Crippen molar-refractivity contribution in [2.75, 3.05) is 5.75 Å². The van der Waals surface area contributed by atoms with Crippen LogP contribution >= 0.6 is 12.4 Å². The molecule has 5 rings (SSSR count). The van der Waals surface area contributed by atoms with E-state index in [2.05, 4.69) is 10.0 Å². The summed E-state index contributed by atoms with van der Waals surface area (Å²) in [5, 5.41) is 3.42. The standard InChI is InChI=1S/C21H23F3N2O2S.ClH/c1-2-29(27,28)26-21-14-8-17(9-14)25-19(21)10-12-4-3-5-18(20(12)24)13-6-15(22)11-16(23)7-13;/h3-7,11,14,17,19,21,25-26H,2,8-10H2,1H3;1H. The van der Waals surface area contributed by atoms with Gasteiger partial charge in [-0.2, -0.15) is 0 Å². The van der Waals surface area contributed by atoms with Gasteiger partial charge in [0, 0.05) is 29.8 Å². The van der Waals surface area contributed by atoms with Crippen molar-refractivity contribution in [2.24, 2.45) is 5.92 Å². The number of nitrogens with one attached hydrogen (secondary N) is 2. The van der Waals surface area contributed by atoms with Gasteiger partial charge in [0.05, 0.1) is 5.75 Å². The zero-order chi connectivity index (χ0) is 20.8. The zero-order valence-corrected chi connectivity index (χ0v) is 18.0. The molecule has 2 N–H and O–H groups in total. The third-order valence-corrected chi connectivity index (χ3v) is 7.34. The van der Waals surface area contributed by atoms with Gasteiger partial charge in [0.15, 0.2) is 0 Å². The van der Waals surface area contributed by atoms with Crippen molar-refractivity contribution in [3.63, 3.8) is 0 Å². The van der Waals surface area contributed by atoms with E-state index < -0.39 is 27.5 Å². The highest BCUT2D eigenvalue weighted by Crippen LogP contribution is 2.38. The Morgan fingerprint density at radius 3 is 2.40 bits per heavy atom. The molecule has 4 nitrogen and oxygen atoms in total. The van der Waals surface area contributed by atoms with Crippen molar-refractivity contribution < 1.29 is 21.6 Å². The summed E-state index contributed by atoms with van der Waals surface area (Å²) in [6.45, 7) is 1.58. The molecule has 3 aliphatic rings. The van der Waals surface area contributed by atoms with E-state index in [1.165, 1.54) is 6.07 Å². The van der Waals surface area contributed by atoms with Crippen LogP contribution in [0.2, 0.25) is 0 Å². The van der Waals surface area contributed by atoms with E-state index >= 15 is 4.39 Å². The number of benzene rings is 2. The Bertz CT molecular complexity index is 1010. The molecule has 2 unspecified atom stereocenters. The minimum atomic E-state index is -3.39. The third-order valence-electron chi connectivity index (χ3n) is 5.95. The fourth-order valence-electron chi connectivity index (χ4n) is 4.39. The van der Waals surface area contributed by atoms with Gasteiger partial charge < -0.3 is 5.32 Å². The number of sulfonamides is 1. The van der Waals surface area contributed by atoms with Crippen molar-refractivity contribution in [3.05, 3.63) is 59.4 Å². The molecule has 0 radical (unpaired) electrons. The second-order valence-electron chi connectivity index (χ2n) is 7.89. The van der Waals surface area contributed by atoms with Crippen molar-refractivity contribution in [1.82, 2.24) is 10.0 Å². The van der Waals surface area contributed by atoms with Gasteiger partial charge in [-0.15, -0.1) is 12.4 Å². The van der Waals surface area contributed by atoms with Crippen molar-refractivity contribution in [3.8, 4) is 11.1 Å².